The summed E-state index contributed by atoms with van der Waals surface area (Å²) in [6.07, 6.45) is 7.17. The number of aryl methyl sites for hydroxylation is 1. The second-order valence-electron chi connectivity index (χ2n) is 10.4. The van der Waals surface area contributed by atoms with Gasteiger partial charge in [-0.2, -0.15) is 0 Å². The molecule has 1 fully saturated rings. The maximum Gasteiger partial charge on any atom is 0.243 e. The van der Waals surface area contributed by atoms with Crippen molar-refractivity contribution in [3.05, 3.63) is 101 Å². The molecule has 3 aromatic rings. The highest BCUT2D eigenvalue weighted by molar-refractivity contribution is 7.99. The Bertz CT molecular complexity index is 1200. The molecule has 0 radical (unpaired) electrons. The van der Waals surface area contributed by atoms with Crippen LogP contribution in [0.3, 0.4) is 0 Å². The van der Waals surface area contributed by atoms with Crippen LogP contribution < -0.4 is 5.32 Å². The maximum absolute atomic E-state index is 13.9. The second kappa shape index (κ2) is 15.1. The van der Waals surface area contributed by atoms with Gasteiger partial charge >= 0.3 is 0 Å². The fourth-order valence-corrected chi connectivity index (χ4v) is 6.14. The number of nitrogens with one attached hydrogen (secondary N) is 1. The molecule has 1 aliphatic carbocycles. The third-order valence-corrected chi connectivity index (χ3v) is 8.79. The molecular weight excluding hydrogens is 524 g/mol. The minimum atomic E-state index is -0.564. The summed E-state index contributed by atoms with van der Waals surface area (Å²) in [6, 6.07) is 25.6. The summed E-state index contributed by atoms with van der Waals surface area (Å²) in [5.74, 6) is 0.807. The van der Waals surface area contributed by atoms with Crippen LogP contribution >= 0.6 is 23.4 Å². The molecule has 2 amide bonds. The van der Waals surface area contributed by atoms with Crippen LogP contribution in [0.5, 0.6) is 0 Å². The molecule has 0 saturated heterocycles. The summed E-state index contributed by atoms with van der Waals surface area (Å²) in [7, 11) is 0. The average Bonchev–Trinajstić information content (AvgIpc) is 2.96. The van der Waals surface area contributed by atoms with Crippen molar-refractivity contribution < 1.29 is 9.59 Å². The van der Waals surface area contributed by atoms with E-state index in [2.05, 4.69) is 24.4 Å². The molecule has 0 spiro atoms. The van der Waals surface area contributed by atoms with Crippen LogP contribution in [0.2, 0.25) is 5.02 Å². The Balaban J connectivity index is 1.52. The van der Waals surface area contributed by atoms with Crippen molar-refractivity contribution in [2.45, 2.75) is 81.8 Å². The first-order chi connectivity index (χ1) is 19.0. The normalized spacial score (nSPS) is 14.5. The summed E-state index contributed by atoms with van der Waals surface area (Å²) in [4.78, 5) is 30.7. The summed E-state index contributed by atoms with van der Waals surface area (Å²) >= 11 is 7.73. The Hall–Kier alpha value is -2.76. The van der Waals surface area contributed by atoms with Gasteiger partial charge < -0.3 is 10.2 Å². The van der Waals surface area contributed by atoms with Crippen LogP contribution in [0.25, 0.3) is 0 Å². The lowest BCUT2D eigenvalue weighted by atomic mass is 9.94. The number of nitrogens with zero attached hydrogens (tertiary/aromatic N) is 1. The van der Waals surface area contributed by atoms with Gasteiger partial charge in [0.1, 0.15) is 6.04 Å². The molecule has 3 aromatic carbocycles. The van der Waals surface area contributed by atoms with Gasteiger partial charge in [0.25, 0.3) is 0 Å². The van der Waals surface area contributed by atoms with E-state index in [1.54, 1.807) is 11.8 Å². The van der Waals surface area contributed by atoms with E-state index in [4.69, 9.17) is 11.6 Å². The van der Waals surface area contributed by atoms with E-state index in [9.17, 15) is 9.59 Å². The van der Waals surface area contributed by atoms with Crippen LogP contribution in [0.4, 0.5) is 0 Å². The molecule has 0 unspecified atom stereocenters. The van der Waals surface area contributed by atoms with Gasteiger partial charge in [0.2, 0.25) is 11.8 Å². The first-order valence-corrected chi connectivity index (χ1v) is 15.4. The standard InChI is InChI=1S/C33H39ClN2O2S/c1-25-11-8-9-14-27(25)24-36(32(37)17-10-22-39-30-20-18-28(34)19-21-30)31(23-26-12-4-2-5-13-26)33(38)35-29-15-6-3-7-16-29/h2,4-5,8-9,11-14,18-21,29,31H,3,6-7,10,15-17,22-24H2,1H3,(H,35,38)/t31-/m1/s1. The molecule has 1 atom stereocenters. The Morgan fingerprint density at radius 2 is 1.64 bits per heavy atom. The minimum Gasteiger partial charge on any atom is -0.352 e. The molecule has 1 aliphatic rings. The van der Waals surface area contributed by atoms with Gasteiger partial charge in [-0.3, -0.25) is 9.59 Å². The number of hydrogen-bond acceptors (Lipinski definition) is 3. The molecule has 39 heavy (non-hydrogen) atoms. The predicted octanol–water partition coefficient (Wildman–Crippen LogP) is 7.61. The zero-order chi connectivity index (χ0) is 27.5. The van der Waals surface area contributed by atoms with Crippen molar-refractivity contribution in [1.29, 1.82) is 0 Å². The monoisotopic (exact) mass is 562 g/mol. The van der Waals surface area contributed by atoms with Crippen molar-refractivity contribution in [2.75, 3.05) is 5.75 Å². The predicted molar refractivity (Wildman–Crippen MR) is 162 cm³/mol. The van der Waals surface area contributed by atoms with Crippen LogP contribution in [-0.4, -0.2) is 34.6 Å². The number of rotatable bonds is 12. The van der Waals surface area contributed by atoms with E-state index in [1.165, 1.54) is 6.42 Å². The largest absolute Gasteiger partial charge is 0.352 e. The molecule has 4 nitrogen and oxygen atoms in total. The second-order valence-corrected chi connectivity index (χ2v) is 12.0. The van der Waals surface area contributed by atoms with Crippen molar-refractivity contribution in [1.82, 2.24) is 10.2 Å². The van der Waals surface area contributed by atoms with E-state index in [0.717, 1.165) is 64.5 Å². The molecule has 6 heteroatoms. The van der Waals surface area contributed by atoms with Gasteiger partial charge in [0.05, 0.1) is 0 Å². The van der Waals surface area contributed by atoms with E-state index in [0.29, 0.717) is 19.4 Å². The first kappa shape index (κ1) is 29.2. The number of benzene rings is 3. The minimum absolute atomic E-state index is 0.0229. The topological polar surface area (TPSA) is 49.4 Å². The van der Waals surface area contributed by atoms with Gasteiger partial charge in [-0.1, -0.05) is 85.5 Å². The van der Waals surface area contributed by atoms with Crippen molar-refractivity contribution in [2.24, 2.45) is 0 Å². The van der Waals surface area contributed by atoms with Crippen molar-refractivity contribution in [3.63, 3.8) is 0 Å². The fourth-order valence-electron chi connectivity index (χ4n) is 5.16. The number of hydrogen-bond donors (Lipinski definition) is 1. The highest BCUT2D eigenvalue weighted by atomic mass is 35.5. The smallest absolute Gasteiger partial charge is 0.243 e. The summed E-state index contributed by atoms with van der Waals surface area (Å²) in [5, 5.41) is 4.04. The highest BCUT2D eigenvalue weighted by Gasteiger charge is 2.31. The quantitative estimate of drug-likeness (QED) is 0.182. The lowest BCUT2D eigenvalue weighted by molar-refractivity contribution is -0.141. The summed E-state index contributed by atoms with van der Waals surface area (Å²) < 4.78 is 0. The van der Waals surface area contributed by atoms with Gasteiger partial charge in [0, 0.05) is 35.3 Å². The van der Waals surface area contributed by atoms with E-state index >= 15 is 0 Å². The number of amides is 2. The summed E-state index contributed by atoms with van der Waals surface area (Å²) in [6.45, 7) is 2.49. The lowest BCUT2D eigenvalue weighted by Gasteiger charge is -2.34. The number of carbonyl (C=O) groups is 2. The molecular formula is C33H39ClN2O2S. The SMILES string of the molecule is Cc1ccccc1CN(C(=O)CCCSc1ccc(Cl)cc1)[C@H](Cc1ccccc1)C(=O)NC1CCCCC1. The van der Waals surface area contributed by atoms with Crippen LogP contribution in [0.1, 0.15) is 61.6 Å². The Morgan fingerprint density at radius 3 is 2.36 bits per heavy atom. The molecule has 1 saturated carbocycles. The Kier molecular flexibility index (Phi) is 11.3. The lowest BCUT2D eigenvalue weighted by Crippen LogP contribution is -2.52. The molecule has 4 rings (SSSR count). The Morgan fingerprint density at radius 1 is 0.949 bits per heavy atom. The number of carbonyl (C=O) groups excluding carboxylic acids is 2. The maximum atomic E-state index is 13.9. The zero-order valence-corrected chi connectivity index (χ0v) is 24.4. The summed E-state index contributed by atoms with van der Waals surface area (Å²) in [5.41, 5.74) is 3.26. The van der Waals surface area contributed by atoms with E-state index in [1.807, 2.05) is 71.6 Å². The number of halogens is 1. The van der Waals surface area contributed by atoms with Gasteiger partial charge in [-0.25, -0.2) is 0 Å². The van der Waals surface area contributed by atoms with Gasteiger partial charge in [-0.15, -0.1) is 11.8 Å². The van der Waals surface area contributed by atoms with Gasteiger partial charge in [0.15, 0.2) is 0 Å². The van der Waals surface area contributed by atoms with Crippen LogP contribution in [0, 0.1) is 6.92 Å². The third kappa shape index (κ3) is 9.15. The molecule has 0 aliphatic heterocycles. The van der Waals surface area contributed by atoms with Gasteiger partial charge in [-0.05, 0) is 72.9 Å². The van der Waals surface area contributed by atoms with E-state index in [-0.39, 0.29) is 17.9 Å². The molecule has 0 heterocycles. The fraction of sp³-hybridized carbons (Fsp3) is 0.394. The molecule has 206 valence electrons. The van der Waals surface area contributed by atoms with E-state index < -0.39 is 6.04 Å². The Labute approximate surface area is 242 Å². The van der Waals surface area contributed by atoms with Crippen LogP contribution in [0.15, 0.2) is 83.8 Å². The van der Waals surface area contributed by atoms with Crippen molar-refractivity contribution >= 4 is 35.2 Å². The highest BCUT2D eigenvalue weighted by Crippen LogP contribution is 2.24. The average molecular weight is 563 g/mol. The molecule has 0 aromatic heterocycles. The number of thioether (sulfide) groups is 1. The first-order valence-electron chi connectivity index (χ1n) is 14.1. The zero-order valence-electron chi connectivity index (χ0n) is 22.8. The third-order valence-electron chi connectivity index (χ3n) is 7.44. The molecule has 0 bridgehead atoms. The van der Waals surface area contributed by atoms with Crippen LogP contribution in [-0.2, 0) is 22.6 Å². The van der Waals surface area contributed by atoms with Crippen molar-refractivity contribution in [3.8, 4) is 0 Å². The molecule has 1 N–H and O–H groups in total.